The third kappa shape index (κ3) is 6.96. The molecule has 0 bridgehead atoms. The van der Waals surface area contributed by atoms with Gasteiger partial charge in [0.1, 0.15) is 11.6 Å². The van der Waals surface area contributed by atoms with Gasteiger partial charge in [0.05, 0.1) is 5.92 Å². The molecule has 5 nitrogen and oxygen atoms in total. The molecule has 0 spiro atoms. The van der Waals surface area contributed by atoms with Crippen LogP contribution in [0.2, 0.25) is 0 Å². The number of benzene rings is 3. The van der Waals surface area contributed by atoms with Gasteiger partial charge in [-0.3, -0.25) is 9.59 Å². The van der Waals surface area contributed by atoms with Crippen LogP contribution in [-0.4, -0.2) is 25.0 Å². The molecule has 0 radical (unpaired) electrons. The van der Waals surface area contributed by atoms with E-state index in [-0.39, 0.29) is 24.9 Å². The molecule has 160 valence electrons. The summed E-state index contributed by atoms with van der Waals surface area (Å²) >= 11 is 0. The van der Waals surface area contributed by atoms with Crippen molar-refractivity contribution in [3.63, 3.8) is 0 Å². The Morgan fingerprint density at radius 3 is 2.29 bits per heavy atom. The van der Waals surface area contributed by atoms with Crippen LogP contribution in [0.25, 0.3) is 0 Å². The van der Waals surface area contributed by atoms with E-state index >= 15 is 0 Å². The Balaban J connectivity index is 1.52. The molecule has 2 amide bonds. The van der Waals surface area contributed by atoms with Gasteiger partial charge >= 0.3 is 0 Å². The van der Waals surface area contributed by atoms with Crippen molar-refractivity contribution in [2.45, 2.75) is 12.8 Å². The average molecular weight is 420 g/mol. The number of para-hydroxylation sites is 1. The molecule has 0 aliphatic carbocycles. The van der Waals surface area contributed by atoms with Crippen LogP contribution >= 0.6 is 0 Å². The highest BCUT2D eigenvalue weighted by Crippen LogP contribution is 2.21. The maximum absolute atomic E-state index is 13.0. The Morgan fingerprint density at radius 2 is 1.58 bits per heavy atom. The van der Waals surface area contributed by atoms with Crippen molar-refractivity contribution >= 4 is 11.8 Å². The van der Waals surface area contributed by atoms with Crippen LogP contribution in [0.3, 0.4) is 0 Å². The standard InChI is InChI=1S/C25H25FN2O3/c26-22-12-10-19(11-13-22)15-21(25(27)30)16-28-24(29)17-31-23-9-5-4-8-20(23)14-18-6-2-1-3-7-18/h1-13,21H,14-17H2,(H2,27,30)(H,28,29). The third-order valence-corrected chi connectivity index (χ3v) is 4.91. The van der Waals surface area contributed by atoms with Crippen molar-refractivity contribution in [2.75, 3.05) is 13.2 Å². The number of hydrogen-bond acceptors (Lipinski definition) is 3. The summed E-state index contributed by atoms with van der Waals surface area (Å²) in [7, 11) is 0. The summed E-state index contributed by atoms with van der Waals surface area (Å²) in [6.45, 7) is -0.0889. The molecule has 0 fully saturated rings. The van der Waals surface area contributed by atoms with E-state index in [9.17, 15) is 14.0 Å². The summed E-state index contributed by atoms with van der Waals surface area (Å²) in [5.41, 5.74) is 8.36. The second-order valence-corrected chi connectivity index (χ2v) is 7.29. The second kappa shape index (κ2) is 10.9. The highest BCUT2D eigenvalue weighted by Gasteiger charge is 2.17. The summed E-state index contributed by atoms with van der Waals surface area (Å²) in [5, 5.41) is 2.70. The summed E-state index contributed by atoms with van der Waals surface area (Å²) in [6.07, 6.45) is 1.01. The van der Waals surface area contributed by atoms with Gasteiger partial charge in [0.15, 0.2) is 6.61 Å². The maximum atomic E-state index is 13.0. The van der Waals surface area contributed by atoms with Crippen molar-refractivity contribution < 1.29 is 18.7 Å². The average Bonchev–Trinajstić information content (AvgIpc) is 2.78. The molecule has 0 saturated heterocycles. The molecule has 3 aromatic rings. The first-order valence-corrected chi connectivity index (χ1v) is 10.1. The lowest BCUT2D eigenvalue weighted by Crippen LogP contribution is -2.39. The quantitative estimate of drug-likeness (QED) is 0.528. The Kier molecular flexibility index (Phi) is 7.76. The number of hydrogen-bond donors (Lipinski definition) is 2. The van der Waals surface area contributed by atoms with Gasteiger partial charge in [0.2, 0.25) is 5.91 Å². The highest BCUT2D eigenvalue weighted by molar-refractivity contribution is 5.80. The molecule has 0 aliphatic heterocycles. The zero-order valence-corrected chi connectivity index (χ0v) is 17.1. The minimum atomic E-state index is -0.597. The van der Waals surface area contributed by atoms with Crippen LogP contribution in [-0.2, 0) is 22.4 Å². The Bertz CT molecular complexity index is 1010. The number of amides is 2. The van der Waals surface area contributed by atoms with E-state index in [0.717, 1.165) is 16.7 Å². The first kappa shape index (κ1) is 22.0. The predicted octanol–water partition coefficient (Wildman–Crippen LogP) is 3.26. The second-order valence-electron chi connectivity index (χ2n) is 7.29. The molecule has 0 aliphatic rings. The molecule has 1 unspecified atom stereocenters. The van der Waals surface area contributed by atoms with Crippen molar-refractivity contribution in [2.24, 2.45) is 11.7 Å². The topological polar surface area (TPSA) is 81.4 Å². The van der Waals surface area contributed by atoms with Gasteiger partial charge in [0.25, 0.3) is 5.91 Å². The van der Waals surface area contributed by atoms with Crippen molar-refractivity contribution in [1.29, 1.82) is 0 Å². The number of carbonyl (C=O) groups is 2. The number of rotatable bonds is 10. The molecule has 6 heteroatoms. The van der Waals surface area contributed by atoms with Crippen molar-refractivity contribution in [3.05, 3.63) is 101 Å². The van der Waals surface area contributed by atoms with E-state index < -0.39 is 11.8 Å². The number of nitrogens with two attached hydrogens (primary N) is 1. The third-order valence-electron chi connectivity index (χ3n) is 4.91. The zero-order valence-electron chi connectivity index (χ0n) is 17.1. The normalized spacial score (nSPS) is 11.5. The Labute approximate surface area is 181 Å². The molecule has 31 heavy (non-hydrogen) atoms. The smallest absolute Gasteiger partial charge is 0.257 e. The van der Waals surface area contributed by atoms with Crippen LogP contribution in [0.5, 0.6) is 5.75 Å². The van der Waals surface area contributed by atoms with Crippen LogP contribution in [0.4, 0.5) is 4.39 Å². The highest BCUT2D eigenvalue weighted by atomic mass is 19.1. The SMILES string of the molecule is NC(=O)C(CNC(=O)COc1ccccc1Cc1ccccc1)Cc1ccc(F)cc1. The minimum Gasteiger partial charge on any atom is -0.483 e. The molecule has 0 saturated carbocycles. The predicted molar refractivity (Wildman–Crippen MR) is 117 cm³/mol. The molecular weight excluding hydrogens is 395 g/mol. The first-order valence-electron chi connectivity index (χ1n) is 10.1. The van der Waals surface area contributed by atoms with Gasteiger partial charge in [-0.1, -0.05) is 60.7 Å². The summed E-state index contributed by atoms with van der Waals surface area (Å²) in [5.74, 6) is -1.19. The molecule has 1 atom stereocenters. The number of halogens is 1. The fraction of sp³-hybridized carbons (Fsp3) is 0.200. The lowest BCUT2D eigenvalue weighted by Gasteiger charge is -2.15. The largest absolute Gasteiger partial charge is 0.483 e. The molecule has 0 heterocycles. The van der Waals surface area contributed by atoms with E-state index in [0.29, 0.717) is 18.6 Å². The molecule has 3 rings (SSSR count). The lowest BCUT2D eigenvalue weighted by atomic mass is 9.98. The lowest BCUT2D eigenvalue weighted by molar-refractivity contribution is -0.124. The van der Waals surface area contributed by atoms with Crippen LogP contribution < -0.4 is 15.8 Å². The van der Waals surface area contributed by atoms with Gasteiger partial charge in [-0.15, -0.1) is 0 Å². The number of ether oxygens (including phenoxy) is 1. The summed E-state index contributed by atoms with van der Waals surface area (Å²) in [6, 6.07) is 23.4. The molecule has 3 N–H and O–H groups in total. The molecular formula is C25H25FN2O3. The van der Waals surface area contributed by atoms with E-state index in [4.69, 9.17) is 10.5 Å². The van der Waals surface area contributed by atoms with Crippen molar-refractivity contribution in [3.8, 4) is 5.75 Å². The summed E-state index contributed by atoms with van der Waals surface area (Å²) < 4.78 is 18.8. The Hall–Kier alpha value is -3.67. The minimum absolute atomic E-state index is 0.0839. The Morgan fingerprint density at radius 1 is 0.903 bits per heavy atom. The van der Waals surface area contributed by atoms with Crippen LogP contribution in [0.15, 0.2) is 78.9 Å². The van der Waals surface area contributed by atoms with E-state index in [2.05, 4.69) is 5.32 Å². The van der Waals surface area contributed by atoms with Crippen molar-refractivity contribution in [1.82, 2.24) is 5.32 Å². The first-order chi connectivity index (χ1) is 15.0. The molecule has 3 aromatic carbocycles. The van der Waals surface area contributed by atoms with Gasteiger partial charge in [-0.05, 0) is 41.3 Å². The molecule has 0 aromatic heterocycles. The van der Waals surface area contributed by atoms with Gasteiger partial charge in [-0.25, -0.2) is 4.39 Å². The van der Waals surface area contributed by atoms with Gasteiger partial charge in [0, 0.05) is 13.0 Å². The summed E-state index contributed by atoms with van der Waals surface area (Å²) in [4.78, 5) is 24.0. The van der Waals surface area contributed by atoms with Gasteiger partial charge < -0.3 is 15.8 Å². The van der Waals surface area contributed by atoms with E-state index in [1.165, 1.54) is 12.1 Å². The maximum Gasteiger partial charge on any atom is 0.257 e. The van der Waals surface area contributed by atoms with E-state index in [1.54, 1.807) is 12.1 Å². The fourth-order valence-electron chi connectivity index (χ4n) is 3.22. The number of carbonyl (C=O) groups excluding carboxylic acids is 2. The van der Waals surface area contributed by atoms with E-state index in [1.807, 2.05) is 54.6 Å². The monoisotopic (exact) mass is 420 g/mol. The fourth-order valence-corrected chi connectivity index (χ4v) is 3.22. The number of nitrogens with one attached hydrogen (secondary N) is 1. The zero-order chi connectivity index (χ0) is 22.1. The van der Waals surface area contributed by atoms with Crippen LogP contribution in [0, 0.1) is 11.7 Å². The van der Waals surface area contributed by atoms with Crippen LogP contribution in [0.1, 0.15) is 16.7 Å². The van der Waals surface area contributed by atoms with Gasteiger partial charge in [-0.2, -0.15) is 0 Å². The number of primary amides is 1.